The van der Waals surface area contributed by atoms with E-state index in [1.54, 1.807) is 0 Å². The van der Waals surface area contributed by atoms with Crippen LogP contribution in [-0.4, -0.2) is 47.2 Å². The Morgan fingerprint density at radius 1 is 1.20 bits per heavy atom. The number of benzene rings is 2. The molecule has 0 saturated carbocycles. The summed E-state index contributed by atoms with van der Waals surface area (Å²) >= 11 is 7.97. The van der Waals surface area contributed by atoms with Crippen molar-refractivity contribution in [3.8, 4) is 11.1 Å². The van der Waals surface area contributed by atoms with Crippen LogP contribution in [0.1, 0.15) is 25.6 Å². The van der Waals surface area contributed by atoms with E-state index < -0.39 is 11.6 Å². The van der Waals surface area contributed by atoms with Crippen molar-refractivity contribution in [3.63, 3.8) is 0 Å². The maximum Gasteiger partial charge on any atom is 0.181 e. The summed E-state index contributed by atoms with van der Waals surface area (Å²) in [5.74, 6) is 0.238. The minimum absolute atomic E-state index is 0.137. The summed E-state index contributed by atoms with van der Waals surface area (Å²) in [5, 5.41) is 7.82. The normalized spacial score (nSPS) is 18.2. The molecular weight excluding hydrogens is 492 g/mol. The molecule has 0 spiro atoms. The van der Waals surface area contributed by atoms with Crippen LogP contribution >= 0.6 is 22.9 Å². The van der Waals surface area contributed by atoms with Crippen LogP contribution in [0, 0.1) is 11.6 Å². The van der Waals surface area contributed by atoms with Crippen molar-refractivity contribution in [1.29, 1.82) is 0 Å². The number of halogens is 3. The number of aromatic nitrogens is 3. The number of aryl methyl sites for hydroxylation is 1. The Kier molecular flexibility index (Phi) is 5.62. The number of nitrogens with zero attached hydrogens (tertiary/aromatic N) is 4. The number of fused-ring (bicyclic) bond motifs is 1. The number of nitrogens with two attached hydrogens (primary N) is 1. The Morgan fingerprint density at radius 2 is 2.06 bits per heavy atom. The predicted octanol–water partition coefficient (Wildman–Crippen LogP) is 4.97. The topological polar surface area (TPSA) is 92.0 Å². The first-order valence-corrected chi connectivity index (χ1v) is 12.9. The van der Waals surface area contributed by atoms with Gasteiger partial charge in [0.1, 0.15) is 23.0 Å². The van der Waals surface area contributed by atoms with E-state index in [0.29, 0.717) is 41.2 Å². The first kappa shape index (κ1) is 22.6. The second kappa shape index (κ2) is 8.69. The molecule has 0 radical (unpaired) electrons. The lowest BCUT2D eigenvalue weighted by Gasteiger charge is -2.33. The van der Waals surface area contributed by atoms with Crippen molar-refractivity contribution in [2.45, 2.75) is 32.2 Å². The average molecular weight is 516 g/mol. The monoisotopic (exact) mass is 515 g/mol. The van der Waals surface area contributed by atoms with E-state index in [4.69, 9.17) is 22.3 Å². The lowest BCUT2D eigenvalue weighted by atomic mass is 9.98. The molecule has 2 aromatic heterocycles. The van der Waals surface area contributed by atoms with Crippen LogP contribution in [0.3, 0.4) is 0 Å². The van der Waals surface area contributed by atoms with Gasteiger partial charge in [0.15, 0.2) is 10.9 Å². The van der Waals surface area contributed by atoms with E-state index in [1.165, 1.54) is 12.1 Å². The second-order valence-electron chi connectivity index (χ2n) is 8.86. The van der Waals surface area contributed by atoms with Gasteiger partial charge in [-0.1, -0.05) is 29.9 Å². The number of hydrogen-bond acceptors (Lipinski definition) is 8. The molecule has 4 heterocycles. The molecule has 0 bridgehead atoms. The van der Waals surface area contributed by atoms with Crippen LogP contribution in [0.15, 0.2) is 12.1 Å². The van der Waals surface area contributed by atoms with Crippen LogP contribution in [0.4, 0.5) is 25.4 Å². The first-order valence-electron chi connectivity index (χ1n) is 11.8. The third kappa shape index (κ3) is 3.57. The lowest BCUT2D eigenvalue weighted by molar-refractivity contribution is 0.609. The van der Waals surface area contributed by atoms with Gasteiger partial charge in [-0.05, 0) is 31.5 Å². The van der Waals surface area contributed by atoms with Gasteiger partial charge in [-0.25, -0.2) is 23.7 Å². The molecule has 2 aliphatic heterocycles. The number of nitrogen functional groups attached to an aromatic ring is 1. The SMILES string of the molecule is CCc1nc2c3c(c(Cl)c(-c4ccc(F)c5sc(N)nc45)c(F)c3n1)NCCCN2C1CCNC1. The van der Waals surface area contributed by atoms with Crippen molar-refractivity contribution >= 4 is 60.7 Å². The summed E-state index contributed by atoms with van der Waals surface area (Å²) in [6.07, 6.45) is 2.42. The minimum atomic E-state index is -0.571. The molecule has 4 aromatic rings. The number of thiazole rings is 1. The van der Waals surface area contributed by atoms with Crippen LogP contribution in [0.5, 0.6) is 0 Å². The number of anilines is 3. The van der Waals surface area contributed by atoms with E-state index in [9.17, 15) is 4.39 Å². The van der Waals surface area contributed by atoms with Crippen LogP contribution in [0.25, 0.3) is 32.2 Å². The fourth-order valence-electron chi connectivity index (χ4n) is 5.12. The molecule has 2 aromatic carbocycles. The van der Waals surface area contributed by atoms with Gasteiger partial charge >= 0.3 is 0 Å². The molecule has 11 heteroatoms. The van der Waals surface area contributed by atoms with Gasteiger partial charge in [0.05, 0.1) is 26.3 Å². The first-order chi connectivity index (χ1) is 17.0. The number of hydrogen-bond donors (Lipinski definition) is 3. The fraction of sp³-hybridized carbons (Fsp3) is 0.375. The summed E-state index contributed by atoms with van der Waals surface area (Å²) < 4.78 is 31.2. The lowest BCUT2D eigenvalue weighted by Crippen LogP contribution is -2.40. The van der Waals surface area contributed by atoms with Gasteiger partial charge in [-0.2, -0.15) is 0 Å². The summed E-state index contributed by atoms with van der Waals surface area (Å²) in [6.45, 7) is 5.20. The van der Waals surface area contributed by atoms with Gasteiger partial charge < -0.3 is 21.3 Å². The number of nitrogens with one attached hydrogen (secondary N) is 2. The van der Waals surface area contributed by atoms with Gasteiger partial charge in [0.25, 0.3) is 0 Å². The molecule has 182 valence electrons. The third-order valence-electron chi connectivity index (χ3n) is 6.77. The van der Waals surface area contributed by atoms with Crippen LogP contribution < -0.4 is 21.3 Å². The number of rotatable bonds is 3. The van der Waals surface area contributed by atoms with Crippen molar-refractivity contribution in [2.24, 2.45) is 0 Å². The molecule has 0 aliphatic carbocycles. The van der Waals surface area contributed by atoms with Crippen molar-refractivity contribution < 1.29 is 8.78 Å². The summed E-state index contributed by atoms with van der Waals surface area (Å²) in [4.78, 5) is 16.1. The zero-order chi connectivity index (χ0) is 24.3. The van der Waals surface area contributed by atoms with E-state index in [1.807, 2.05) is 6.92 Å². The summed E-state index contributed by atoms with van der Waals surface area (Å²) in [6, 6.07) is 3.06. The van der Waals surface area contributed by atoms with E-state index >= 15 is 4.39 Å². The quantitative estimate of drug-likeness (QED) is 0.355. The zero-order valence-corrected chi connectivity index (χ0v) is 20.7. The fourth-order valence-corrected chi connectivity index (χ4v) is 6.23. The molecule has 1 atom stereocenters. The average Bonchev–Trinajstić information content (AvgIpc) is 3.50. The summed E-state index contributed by atoms with van der Waals surface area (Å²) in [5.41, 5.74) is 7.48. The molecule has 35 heavy (non-hydrogen) atoms. The van der Waals surface area contributed by atoms with Gasteiger partial charge in [-0.15, -0.1) is 0 Å². The predicted molar refractivity (Wildman–Crippen MR) is 139 cm³/mol. The molecule has 1 saturated heterocycles. The van der Waals surface area contributed by atoms with Crippen molar-refractivity contribution in [1.82, 2.24) is 20.3 Å². The van der Waals surface area contributed by atoms with Crippen LogP contribution in [-0.2, 0) is 6.42 Å². The highest BCUT2D eigenvalue weighted by Crippen LogP contribution is 2.47. The Hall–Kier alpha value is -2.82. The molecule has 7 nitrogen and oxygen atoms in total. The molecule has 6 rings (SSSR count). The van der Waals surface area contributed by atoms with Crippen molar-refractivity contribution in [2.75, 3.05) is 42.1 Å². The van der Waals surface area contributed by atoms with E-state index in [2.05, 4.69) is 25.5 Å². The molecule has 4 N–H and O–H groups in total. The maximum atomic E-state index is 16.4. The van der Waals surface area contributed by atoms with Gasteiger partial charge in [0, 0.05) is 43.2 Å². The van der Waals surface area contributed by atoms with E-state index in [-0.39, 0.29) is 37.5 Å². The molecule has 2 aliphatic rings. The van der Waals surface area contributed by atoms with Crippen molar-refractivity contribution in [3.05, 3.63) is 34.6 Å². The Balaban J connectivity index is 1.69. The standard InChI is InChI=1S/C24H24ClF2N7S/c1-2-14-31-21-16-20(30-7-3-9-34(23(16)32-14)11-6-8-29-10-11)17(25)15(18(21)27)12-4-5-13(26)22-19(12)33-24(28)35-22/h4-5,11,29-30H,2-3,6-10H2,1H3,(H2,28,33). The van der Waals surface area contributed by atoms with Crippen LogP contribution in [0.2, 0.25) is 5.02 Å². The highest BCUT2D eigenvalue weighted by Gasteiger charge is 2.32. The summed E-state index contributed by atoms with van der Waals surface area (Å²) in [7, 11) is 0. The van der Waals surface area contributed by atoms with Gasteiger partial charge in [-0.3, -0.25) is 0 Å². The molecule has 0 amide bonds. The molecule has 1 fully saturated rings. The second-order valence-corrected chi connectivity index (χ2v) is 10.3. The Morgan fingerprint density at radius 3 is 2.83 bits per heavy atom. The third-order valence-corrected chi connectivity index (χ3v) is 8.05. The maximum absolute atomic E-state index is 16.4. The largest absolute Gasteiger partial charge is 0.383 e. The highest BCUT2D eigenvalue weighted by atomic mass is 35.5. The Labute approximate surface area is 209 Å². The van der Waals surface area contributed by atoms with Gasteiger partial charge in [0.2, 0.25) is 0 Å². The molecular formula is C24H24ClF2N7S. The minimum Gasteiger partial charge on any atom is -0.383 e. The smallest absolute Gasteiger partial charge is 0.181 e. The Bertz CT molecular complexity index is 1470. The zero-order valence-electron chi connectivity index (χ0n) is 19.1. The highest BCUT2D eigenvalue weighted by molar-refractivity contribution is 7.22. The molecule has 1 unspecified atom stereocenters. The van der Waals surface area contributed by atoms with E-state index in [0.717, 1.165) is 43.8 Å².